The largest absolute Gasteiger partial charge is 0.456 e. The molecule has 0 unspecified atom stereocenters. The lowest BCUT2D eigenvalue weighted by Crippen LogP contribution is -2.12. The summed E-state index contributed by atoms with van der Waals surface area (Å²) in [6.45, 7) is 0. The zero-order chi connectivity index (χ0) is 19.8. The molecule has 144 valence electrons. The van der Waals surface area contributed by atoms with Gasteiger partial charge in [-0.2, -0.15) is 11.1 Å². The van der Waals surface area contributed by atoms with Gasteiger partial charge in [0, 0.05) is 5.39 Å². The molecule has 4 aromatic carbocycles. The van der Waals surface area contributed by atoms with Crippen molar-refractivity contribution in [2.75, 3.05) is 16.8 Å². The molecule has 0 bridgehead atoms. The third kappa shape index (κ3) is 3.18. The molecular formula is C26H23NOS. The molecule has 1 heterocycles. The molecule has 0 aliphatic carbocycles. The van der Waals surface area contributed by atoms with Crippen molar-refractivity contribution in [1.82, 2.24) is 0 Å². The van der Waals surface area contributed by atoms with Crippen LogP contribution in [0.1, 0.15) is 0 Å². The molecule has 0 amide bonds. The van der Waals surface area contributed by atoms with E-state index in [2.05, 4.69) is 102 Å². The lowest BCUT2D eigenvalue weighted by molar-refractivity contribution is 0.669. The second kappa shape index (κ2) is 7.34. The van der Waals surface area contributed by atoms with E-state index in [1.165, 1.54) is 33.3 Å². The predicted molar refractivity (Wildman–Crippen MR) is 129 cm³/mol. The molecule has 0 fully saturated rings. The Balaban J connectivity index is 1.65. The van der Waals surface area contributed by atoms with E-state index in [0.717, 1.165) is 11.2 Å². The summed E-state index contributed by atoms with van der Waals surface area (Å²) in [4.78, 5) is 0. The number of thiol groups is 1. The second-order valence-corrected chi connectivity index (χ2v) is 9.41. The first-order valence-corrected chi connectivity index (χ1v) is 11.9. The maximum atomic E-state index is 6.12. The van der Waals surface area contributed by atoms with Crippen molar-refractivity contribution in [2.24, 2.45) is 0 Å². The van der Waals surface area contributed by atoms with Gasteiger partial charge in [-0.15, -0.1) is 0 Å². The van der Waals surface area contributed by atoms with Gasteiger partial charge in [0.25, 0.3) is 0 Å². The minimum absolute atomic E-state index is 0.398. The van der Waals surface area contributed by atoms with Gasteiger partial charge in [-0.3, -0.25) is 0 Å². The minimum Gasteiger partial charge on any atom is -0.456 e. The SMILES string of the molecule is C[SH](C)N(c1ccc(-c2ccccc2)cc1)c1cccc2oc3ccccc3c12. The van der Waals surface area contributed by atoms with Gasteiger partial charge in [0.15, 0.2) is 0 Å². The first kappa shape index (κ1) is 17.9. The quantitative estimate of drug-likeness (QED) is 0.315. The topological polar surface area (TPSA) is 16.4 Å². The number of fused-ring (bicyclic) bond motifs is 3. The van der Waals surface area contributed by atoms with E-state index in [0.29, 0.717) is 0 Å². The normalized spacial score (nSPS) is 11.7. The highest BCUT2D eigenvalue weighted by Crippen LogP contribution is 2.45. The molecule has 0 saturated carbocycles. The fraction of sp³-hybridized carbons (Fsp3) is 0.0769. The van der Waals surface area contributed by atoms with Crippen LogP contribution in [0.15, 0.2) is 101 Å². The molecule has 29 heavy (non-hydrogen) atoms. The van der Waals surface area contributed by atoms with Crippen molar-refractivity contribution in [2.45, 2.75) is 0 Å². The zero-order valence-electron chi connectivity index (χ0n) is 16.5. The lowest BCUT2D eigenvalue weighted by Gasteiger charge is -2.32. The summed E-state index contributed by atoms with van der Waals surface area (Å²) in [5.74, 6) is 0. The fourth-order valence-electron chi connectivity index (χ4n) is 3.94. The summed E-state index contributed by atoms with van der Waals surface area (Å²) >= 11 is -0.398. The van der Waals surface area contributed by atoms with Gasteiger partial charge in [-0.05, 0) is 54.0 Å². The smallest absolute Gasteiger partial charge is 0.137 e. The molecule has 5 rings (SSSR count). The van der Waals surface area contributed by atoms with Crippen molar-refractivity contribution in [3.8, 4) is 11.1 Å². The molecule has 0 aliphatic heterocycles. The second-order valence-electron chi connectivity index (χ2n) is 7.32. The number of rotatable bonds is 4. The van der Waals surface area contributed by atoms with E-state index in [1.807, 2.05) is 12.1 Å². The molecule has 0 spiro atoms. The van der Waals surface area contributed by atoms with Gasteiger partial charge >= 0.3 is 0 Å². The van der Waals surface area contributed by atoms with E-state index < -0.39 is 11.1 Å². The number of furan rings is 1. The van der Waals surface area contributed by atoms with Crippen LogP contribution < -0.4 is 4.31 Å². The summed E-state index contributed by atoms with van der Waals surface area (Å²) < 4.78 is 8.57. The third-order valence-electron chi connectivity index (χ3n) is 5.23. The number of nitrogens with zero attached hydrogens (tertiary/aromatic N) is 1. The predicted octanol–water partition coefficient (Wildman–Crippen LogP) is 7.57. The first-order valence-electron chi connectivity index (χ1n) is 9.75. The van der Waals surface area contributed by atoms with Crippen LogP contribution in [0.2, 0.25) is 0 Å². The molecular weight excluding hydrogens is 374 g/mol. The van der Waals surface area contributed by atoms with E-state index in [9.17, 15) is 0 Å². The molecule has 0 saturated heterocycles. The van der Waals surface area contributed by atoms with Crippen LogP contribution in [0.4, 0.5) is 11.4 Å². The van der Waals surface area contributed by atoms with Crippen LogP contribution in [0.3, 0.4) is 0 Å². The Kier molecular flexibility index (Phi) is 4.53. The molecule has 3 heteroatoms. The highest BCUT2D eigenvalue weighted by molar-refractivity contribution is 8.17. The van der Waals surface area contributed by atoms with Crippen LogP contribution in [0, 0.1) is 0 Å². The maximum absolute atomic E-state index is 6.12. The summed E-state index contributed by atoms with van der Waals surface area (Å²) in [6.07, 6.45) is 4.59. The third-order valence-corrected chi connectivity index (χ3v) is 6.47. The lowest BCUT2D eigenvalue weighted by atomic mass is 10.1. The first-order chi connectivity index (χ1) is 14.2. The van der Waals surface area contributed by atoms with Gasteiger partial charge in [0.2, 0.25) is 0 Å². The molecule has 0 aliphatic rings. The number of anilines is 2. The van der Waals surface area contributed by atoms with Gasteiger partial charge in [0.1, 0.15) is 11.2 Å². The summed E-state index contributed by atoms with van der Waals surface area (Å²) in [5.41, 5.74) is 6.76. The molecule has 0 atom stereocenters. The zero-order valence-corrected chi connectivity index (χ0v) is 17.4. The van der Waals surface area contributed by atoms with E-state index >= 15 is 0 Å². The number of hydrogen-bond donors (Lipinski definition) is 1. The highest BCUT2D eigenvalue weighted by Gasteiger charge is 2.18. The molecule has 1 aromatic heterocycles. The van der Waals surface area contributed by atoms with Gasteiger partial charge in [-0.25, -0.2) is 0 Å². The summed E-state index contributed by atoms with van der Waals surface area (Å²) in [6, 6.07) is 34.0. The van der Waals surface area contributed by atoms with Crippen LogP contribution in [0.5, 0.6) is 0 Å². The average Bonchev–Trinajstić information content (AvgIpc) is 3.14. The van der Waals surface area contributed by atoms with E-state index in [-0.39, 0.29) is 0 Å². The maximum Gasteiger partial charge on any atom is 0.137 e. The van der Waals surface area contributed by atoms with Crippen LogP contribution in [0.25, 0.3) is 33.1 Å². The van der Waals surface area contributed by atoms with Crippen LogP contribution >= 0.6 is 11.1 Å². The number of benzene rings is 4. The minimum atomic E-state index is -0.398. The Bertz CT molecular complexity index is 1270. The van der Waals surface area contributed by atoms with Gasteiger partial charge < -0.3 is 8.72 Å². The summed E-state index contributed by atoms with van der Waals surface area (Å²) in [7, 11) is 0. The Morgan fingerprint density at radius 2 is 1.28 bits per heavy atom. The summed E-state index contributed by atoms with van der Waals surface area (Å²) in [5, 5.41) is 2.35. The Hall–Kier alpha value is -3.17. The fourth-order valence-corrected chi connectivity index (χ4v) is 5.14. The number of hydrogen-bond acceptors (Lipinski definition) is 2. The monoisotopic (exact) mass is 397 g/mol. The average molecular weight is 398 g/mol. The standard InChI is InChI=1S/C26H23NOS/c1-29(2)27(21-17-15-20(16-18-21)19-9-4-3-5-10-19)23-12-8-14-25-26(23)22-11-6-7-13-24(22)28-25/h3-18,29H,1-2H3. The Labute approximate surface area is 173 Å². The Morgan fingerprint density at radius 3 is 2.03 bits per heavy atom. The molecule has 0 N–H and O–H groups in total. The van der Waals surface area contributed by atoms with Gasteiger partial charge in [0.05, 0.1) is 16.8 Å². The molecule has 0 radical (unpaired) electrons. The van der Waals surface area contributed by atoms with Crippen molar-refractivity contribution >= 4 is 44.4 Å². The molecule has 5 aromatic rings. The highest BCUT2D eigenvalue weighted by atomic mass is 32.2. The van der Waals surface area contributed by atoms with Crippen molar-refractivity contribution in [3.63, 3.8) is 0 Å². The van der Waals surface area contributed by atoms with Crippen LogP contribution in [-0.4, -0.2) is 12.5 Å². The van der Waals surface area contributed by atoms with Crippen molar-refractivity contribution < 1.29 is 4.42 Å². The van der Waals surface area contributed by atoms with Crippen molar-refractivity contribution in [1.29, 1.82) is 0 Å². The number of para-hydroxylation sites is 1. The van der Waals surface area contributed by atoms with Crippen LogP contribution in [-0.2, 0) is 0 Å². The molecule has 2 nitrogen and oxygen atoms in total. The Morgan fingerprint density at radius 1 is 0.621 bits per heavy atom. The van der Waals surface area contributed by atoms with E-state index in [4.69, 9.17) is 4.42 Å². The van der Waals surface area contributed by atoms with E-state index in [1.54, 1.807) is 0 Å². The van der Waals surface area contributed by atoms with Crippen molar-refractivity contribution in [3.05, 3.63) is 97.1 Å². The van der Waals surface area contributed by atoms with Gasteiger partial charge in [-0.1, -0.05) is 66.7 Å².